The van der Waals surface area contributed by atoms with E-state index in [-0.39, 0.29) is 18.4 Å². The predicted octanol–water partition coefficient (Wildman–Crippen LogP) is 1.84. The third-order valence-corrected chi connectivity index (χ3v) is 6.42. The van der Waals surface area contributed by atoms with E-state index in [1.165, 1.54) is 0 Å². The van der Waals surface area contributed by atoms with E-state index in [1.54, 1.807) is 4.90 Å². The van der Waals surface area contributed by atoms with E-state index in [2.05, 4.69) is 29.3 Å². The molecule has 1 aromatic carbocycles. The molecule has 1 spiro atoms. The summed E-state index contributed by atoms with van der Waals surface area (Å²) in [6.45, 7) is 4.70. The van der Waals surface area contributed by atoms with Crippen LogP contribution in [-0.2, 0) is 9.59 Å². The van der Waals surface area contributed by atoms with Crippen LogP contribution in [0.4, 0.5) is 10.5 Å². The zero-order chi connectivity index (χ0) is 19.7. The standard InChI is InChI=1S/C21H28N4O3/c1-16-7-9-21(10-8-16)19(27)25(20(28)22-21)15-18(26)24-13-11-23(12-14-24)17-5-3-2-4-6-17/h2-6,16H,7-15H2,1H3,(H,22,28). The van der Waals surface area contributed by atoms with Gasteiger partial charge in [-0.25, -0.2) is 4.79 Å². The van der Waals surface area contributed by atoms with Crippen molar-refractivity contribution in [3.63, 3.8) is 0 Å². The topological polar surface area (TPSA) is 73.0 Å². The molecule has 1 aliphatic carbocycles. The zero-order valence-electron chi connectivity index (χ0n) is 16.4. The number of piperazine rings is 1. The van der Waals surface area contributed by atoms with Crippen molar-refractivity contribution in [3.8, 4) is 0 Å². The minimum absolute atomic E-state index is 0.155. The Hall–Kier alpha value is -2.57. The molecule has 3 fully saturated rings. The van der Waals surface area contributed by atoms with Crippen LogP contribution in [-0.4, -0.2) is 65.9 Å². The van der Waals surface area contributed by atoms with E-state index in [9.17, 15) is 14.4 Å². The highest BCUT2D eigenvalue weighted by Gasteiger charge is 2.52. The fourth-order valence-corrected chi connectivity index (χ4v) is 4.50. The molecule has 0 bridgehead atoms. The summed E-state index contributed by atoms with van der Waals surface area (Å²) in [5.41, 5.74) is 0.368. The second-order valence-corrected chi connectivity index (χ2v) is 8.29. The van der Waals surface area contributed by atoms with Crippen LogP contribution in [0.25, 0.3) is 0 Å². The molecule has 4 rings (SSSR count). The average molecular weight is 384 g/mol. The lowest BCUT2D eigenvalue weighted by Crippen LogP contribution is -2.52. The highest BCUT2D eigenvalue weighted by molar-refractivity contribution is 6.09. The van der Waals surface area contributed by atoms with E-state index < -0.39 is 11.6 Å². The van der Waals surface area contributed by atoms with Gasteiger partial charge in [-0.2, -0.15) is 0 Å². The molecule has 7 nitrogen and oxygen atoms in total. The maximum atomic E-state index is 12.9. The minimum atomic E-state index is -0.782. The van der Waals surface area contributed by atoms with Crippen LogP contribution in [0.5, 0.6) is 0 Å². The number of hydrogen-bond donors (Lipinski definition) is 1. The van der Waals surface area contributed by atoms with Crippen LogP contribution in [0.3, 0.4) is 0 Å². The molecule has 0 atom stereocenters. The number of carbonyl (C=O) groups is 3. The Morgan fingerprint density at radius 2 is 1.71 bits per heavy atom. The van der Waals surface area contributed by atoms with Gasteiger partial charge in [0.1, 0.15) is 12.1 Å². The van der Waals surface area contributed by atoms with Gasteiger partial charge in [-0.05, 0) is 43.7 Å². The molecule has 2 aliphatic heterocycles. The normalized spacial score (nSPS) is 28.0. The van der Waals surface area contributed by atoms with Crippen molar-refractivity contribution in [1.29, 1.82) is 0 Å². The number of imide groups is 1. The molecular formula is C21H28N4O3. The lowest BCUT2D eigenvalue weighted by Gasteiger charge is -2.36. The Morgan fingerprint density at radius 3 is 2.36 bits per heavy atom. The summed E-state index contributed by atoms with van der Waals surface area (Å²) in [5.74, 6) is 0.199. The Bertz CT molecular complexity index is 750. The van der Waals surface area contributed by atoms with Gasteiger partial charge >= 0.3 is 6.03 Å². The largest absolute Gasteiger partial charge is 0.368 e. The number of anilines is 1. The first kappa shape index (κ1) is 18.8. The SMILES string of the molecule is CC1CCC2(CC1)NC(=O)N(CC(=O)N1CCN(c3ccccc3)CC1)C2=O. The molecule has 1 aromatic rings. The van der Waals surface area contributed by atoms with Crippen molar-refractivity contribution >= 4 is 23.5 Å². The van der Waals surface area contributed by atoms with Crippen molar-refractivity contribution in [3.05, 3.63) is 30.3 Å². The van der Waals surface area contributed by atoms with Crippen molar-refractivity contribution in [2.75, 3.05) is 37.6 Å². The number of rotatable bonds is 3. The lowest BCUT2D eigenvalue weighted by atomic mass is 9.77. The fraction of sp³-hybridized carbons (Fsp3) is 0.571. The molecule has 150 valence electrons. The van der Waals surface area contributed by atoms with Gasteiger partial charge in [0.05, 0.1) is 0 Å². The van der Waals surface area contributed by atoms with Crippen LogP contribution < -0.4 is 10.2 Å². The highest BCUT2D eigenvalue weighted by atomic mass is 16.2. The van der Waals surface area contributed by atoms with Crippen LogP contribution >= 0.6 is 0 Å². The second kappa shape index (κ2) is 7.45. The molecule has 3 aliphatic rings. The van der Waals surface area contributed by atoms with Crippen LogP contribution in [0.15, 0.2) is 30.3 Å². The van der Waals surface area contributed by atoms with Gasteiger partial charge in [0.2, 0.25) is 5.91 Å². The van der Waals surface area contributed by atoms with E-state index in [0.29, 0.717) is 31.8 Å². The quantitative estimate of drug-likeness (QED) is 0.807. The molecule has 7 heteroatoms. The Labute approximate surface area is 165 Å². The Morgan fingerprint density at radius 1 is 1.07 bits per heavy atom. The molecule has 4 amide bonds. The third-order valence-electron chi connectivity index (χ3n) is 6.42. The van der Waals surface area contributed by atoms with E-state index in [0.717, 1.165) is 36.5 Å². The Balaban J connectivity index is 1.34. The summed E-state index contributed by atoms with van der Waals surface area (Å²) in [4.78, 5) is 43.2. The number of amides is 4. The van der Waals surface area contributed by atoms with Crippen LogP contribution in [0, 0.1) is 5.92 Å². The molecule has 28 heavy (non-hydrogen) atoms. The highest BCUT2D eigenvalue weighted by Crippen LogP contribution is 2.36. The molecule has 0 aromatic heterocycles. The average Bonchev–Trinajstić information content (AvgIpc) is 2.95. The number of nitrogens with one attached hydrogen (secondary N) is 1. The smallest absolute Gasteiger partial charge is 0.325 e. The number of nitrogens with zero attached hydrogens (tertiary/aromatic N) is 3. The zero-order valence-corrected chi connectivity index (χ0v) is 16.4. The monoisotopic (exact) mass is 384 g/mol. The summed E-state index contributed by atoms with van der Waals surface area (Å²) < 4.78 is 0. The number of hydrogen-bond acceptors (Lipinski definition) is 4. The first-order valence-corrected chi connectivity index (χ1v) is 10.2. The van der Waals surface area contributed by atoms with Crippen molar-refractivity contribution in [2.45, 2.75) is 38.1 Å². The van der Waals surface area contributed by atoms with E-state index in [1.807, 2.05) is 18.2 Å². The molecule has 0 unspecified atom stereocenters. The van der Waals surface area contributed by atoms with Gasteiger partial charge in [0.25, 0.3) is 5.91 Å². The summed E-state index contributed by atoms with van der Waals surface area (Å²) >= 11 is 0. The first-order chi connectivity index (χ1) is 13.5. The maximum absolute atomic E-state index is 12.9. The molecular weight excluding hydrogens is 356 g/mol. The fourth-order valence-electron chi connectivity index (χ4n) is 4.50. The summed E-state index contributed by atoms with van der Waals surface area (Å²) in [6.07, 6.45) is 3.18. The molecule has 0 radical (unpaired) electrons. The van der Waals surface area contributed by atoms with Gasteiger partial charge in [-0.15, -0.1) is 0 Å². The van der Waals surface area contributed by atoms with Crippen molar-refractivity contribution < 1.29 is 14.4 Å². The van der Waals surface area contributed by atoms with Crippen LogP contribution in [0.2, 0.25) is 0 Å². The van der Waals surface area contributed by atoms with Gasteiger partial charge in [0.15, 0.2) is 0 Å². The molecule has 1 saturated carbocycles. The molecule has 2 saturated heterocycles. The minimum Gasteiger partial charge on any atom is -0.368 e. The van der Waals surface area contributed by atoms with Gasteiger partial charge in [-0.1, -0.05) is 25.1 Å². The van der Waals surface area contributed by atoms with Crippen molar-refractivity contribution in [1.82, 2.24) is 15.1 Å². The van der Waals surface area contributed by atoms with Crippen molar-refractivity contribution in [2.24, 2.45) is 5.92 Å². The summed E-state index contributed by atoms with van der Waals surface area (Å²) in [5, 5.41) is 2.88. The van der Waals surface area contributed by atoms with E-state index in [4.69, 9.17) is 0 Å². The lowest BCUT2D eigenvalue weighted by molar-refractivity contribution is -0.139. The second-order valence-electron chi connectivity index (χ2n) is 8.29. The molecule has 2 heterocycles. The number of urea groups is 1. The Kier molecular flexibility index (Phi) is 5.00. The maximum Gasteiger partial charge on any atom is 0.325 e. The predicted molar refractivity (Wildman–Crippen MR) is 106 cm³/mol. The van der Waals surface area contributed by atoms with Gasteiger partial charge in [0, 0.05) is 31.9 Å². The summed E-state index contributed by atoms with van der Waals surface area (Å²) in [7, 11) is 0. The third kappa shape index (κ3) is 3.45. The molecule has 1 N–H and O–H groups in total. The number of benzene rings is 1. The van der Waals surface area contributed by atoms with Gasteiger partial charge in [-0.3, -0.25) is 14.5 Å². The number of para-hydroxylation sites is 1. The van der Waals surface area contributed by atoms with E-state index >= 15 is 0 Å². The number of carbonyl (C=O) groups excluding carboxylic acids is 3. The van der Waals surface area contributed by atoms with Crippen LogP contribution in [0.1, 0.15) is 32.6 Å². The first-order valence-electron chi connectivity index (χ1n) is 10.2. The summed E-state index contributed by atoms with van der Waals surface area (Å²) in [6, 6.07) is 9.71. The van der Waals surface area contributed by atoms with Gasteiger partial charge < -0.3 is 15.1 Å².